The van der Waals surface area contributed by atoms with Crippen LogP contribution < -0.4 is 21.3 Å². The number of likely N-dealkylation sites (tertiary alicyclic amines) is 1. The molecule has 5 amide bonds. The van der Waals surface area contributed by atoms with Crippen LogP contribution in [0.1, 0.15) is 130 Å². The maximum absolute atomic E-state index is 14.1. The summed E-state index contributed by atoms with van der Waals surface area (Å²) in [5, 5.41) is 35.8. The smallest absolute Gasteiger partial charge is 0.255 e. The summed E-state index contributed by atoms with van der Waals surface area (Å²) < 4.78 is 9.16. The highest BCUT2D eigenvalue weighted by molar-refractivity contribution is 7.13. The average molecular weight is 1030 g/mol. The van der Waals surface area contributed by atoms with Gasteiger partial charge < -0.3 is 36.0 Å². The van der Waals surface area contributed by atoms with Crippen molar-refractivity contribution in [3.8, 4) is 16.1 Å². The Morgan fingerprint density at radius 3 is 2.20 bits per heavy atom. The SMILES string of the molecule is Cc1ncsc1-c1ccc(CNC(=O)[C@@H]2C[C@@H](O)CN2C(=O)[C@@H](NC(=O)CCOCCn2cc(CNC(=O)c3ccc(-n4ncc(C(=O)NC5C6CC7CC(C6)CC5C7)c4C(C)(C)C)cc3)nn2)C(C)(C)C)cc1. The number of hydrogen-bond donors (Lipinski definition) is 5. The Hall–Kier alpha value is -6.31. The molecule has 10 rings (SSSR count). The number of nitrogens with one attached hydrogen (secondary N) is 4. The van der Waals surface area contributed by atoms with E-state index in [4.69, 9.17) is 9.84 Å². The molecular formula is C55H71N11O7S. The van der Waals surface area contributed by atoms with Crippen LogP contribution in [-0.4, -0.2) is 113 Å². The van der Waals surface area contributed by atoms with Crippen molar-refractivity contribution < 1.29 is 33.8 Å². The minimum atomic E-state index is -0.958. The Morgan fingerprint density at radius 1 is 0.851 bits per heavy atom. The molecule has 1 saturated heterocycles. The van der Waals surface area contributed by atoms with Gasteiger partial charge in [0.1, 0.15) is 17.8 Å². The van der Waals surface area contributed by atoms with Crippen molar-refractivity contribution in [2.24, 2.45) is 29.1 Å². The molecular weight excluding hydrogens is 959 g/mol. The van der Waals surface area contributed by atoms with Gasteiger partial charge >= 0.3 is 0 Å². The second kappa shape index (κ2) is 21.9. The molecule has 394 valence electrons. The minimum Gasteiger partial charge on any atom is -0.391 e. The second-order valence-corrected chi connectivity index (χ2v) is 23.9. The molecule has 0 spiro atoms. The van der Waals surface area contributed by atoms with Crippen molar-refractivity contribution in [3.63, 3.8) is 0 Å². The number of aliphatic hydroxyl groups excluding tert-OH is 1. The summed E-state index contributed by atoms with van der Waals surface area (Å²) in [6, 6.07) is 13.4. The van der Waals surface area contributed by atoms with Crippen LogP contribution in [0.4, 0.5) is 0 Å². The number of thiazole rings is 1. The summed E-state index contributed by atoms with van der Waals surface area (Å²) in [5.41, 5.74) is 6.80. The number of hydrogen-bond acceptors (Lipinski definition) is 12. The molecule has 4 heterocycles. The first-order chi connectivity index (χ1) is 35.3. The number of aliphatic hydroxyl groups is 1. The highest BCUT2D eigenvalue weighted by Crippen LogP contribution is 2.54. The van der Waals surface area contributed by atoms with Crippen molar-refractivity contribution in [1.82, 2.24) is 55.9 Å². The quantitative estimate of drug-likeness (QED) is 0.0650. The Morgan fingerprint density at radius 2 is 1.55 bits per heavy atom. The van der Waals surface area contributed by atoms with E-state index in [1.807, 2.05) is 74.3 Å². The van der Waals surface area contributed by atoms with Crippen LogP contribution in [0.15, 0.2) is 66.4 Å². The van der Waals surface area contributed by atoms with E-state index < -0.39 is 29.5 Å². The Bertz CT molecular complexity index is 2800. The molecule has 3 atom stereocenters. The summed E-state index contributed by atoms with van der Waals surface area (Å²) >= 11 is 1.57. The van der Waals surface area contributed by atoms with Crippen LogP contribution in [0.25, 0.3) is 16.1 Å². The minimum absolute atomic E-state index is 0.0110. The van der Waals surface area contributed by atoms with Gasteiger partial charge in [-0.25, -0.2) is 14.3 Å². The summed E-state index contributed by atoms with van der Waals surface area (Å²) in [6.07, 6.45) is 8.87. The molecule has 1 aliphatic heterocycles. The third kappa shape index (κ3) is 11.9. The van der Waals surface area contributed by atoms with Gasteiger partial charge in [-0.05, 0) is 104 Å². The number of β-amino-alcohol motifs (C(OH)–C–C–N with tert-alkyl or cyclic N) is 1. The number of carbonyl (C=O) groups is 5. The van der Waals surface area contributed by atoms with Crippen molar-refractivity contribution in [3.05, 3.63) is 100 Å². The summed E-state index contributed by atoms with van der Waals surface area (Å²) in [6.45, 7) is 14.8. The maximum Gasteiger partial charge on any atom is 0.255 e. The van der Waals surface area contributed by atoms with E-state index in [1.54, 1.807) is 40.5 Å². The Kier molecular flexibility index (Phi) is 15.5. The van der Waals surface area contributed by atoms with Gasteiger partial charge in [-0.2, -0.15) is 5.10 Å². The molecule has 0 unspecified atom stereocenters. The lowest BCUT2D eigenvalue weighted by Crippen LogP contribution is -2.57. The molecule has 4 aliphatic carbocycles. The van der Waals surface area contributed by atoms with Crippen molar-refractivity contribution >= 4 is 40.9 Å². The second-order valence-electron chi connectivity index (χ2n) is 23.0. The molecule has 0 radical (unpaired) electrons. The van der Waals surface area contributed by atoms with Gasteiger partial charge in [-0.3, -0.25) is 24.0 Å². The van der Waals surface area contributed by atoms with E-state index in [9.17, 15) is 29.1 Å². The molecule has 2 aromatic carbocycles. The van der Waals surface area contributed by atoms with Gasteiger partial charge in [-0.15, -0.1) is 16.4 Å². The zero-order valence-corrected chi connectivity index (χ0v) is 44.4. The van der Waals surface area contributed by atoms with Gasteiger partial charge in [0.05, 0.1) is 77.8 Å². The predicted octanol–water partition coefficient (Wildman–Crippen LogP) is 5.89. The molecule has 4 bridgehead atoms. The third-order valence-corrected chi connectivity index (χ3v) is 16.3. The van der Waals surface area contributed by atoms with Gasteiger partial charge in [0, 0.05) is 43.0 Å². The lowest BCUT2D eigenvalue weighted by molar-refractivity contribution is -0.144. The van der Waals surface area contributed by atoms with Gasteiger partial charge in [0.15, 0.2) is 0 Å². The number of ether oxygens (including phenoxy) is 1. The largest absolute Gasteiger partial charge is 0.391 e. The molecule has 5 fully saturated rings. The third-order valence-electron chi connectivity index (χ3n) is 15.3. The zero-order chi connectivity index (χ0) is 52.5. The van der Waals surface area contributed by atoms with Crippen LogP contribution in [0.5, 0.6) is 0 Å². The molecule has 5 aliphatic rings. The van der Waals surface area contributed by atoms with Crippen LogP contribution in [-0.2, 0) is 44.2 Å². The lowest BCUT2D eigenvalue weighted by Gasteiger charge is -2.54. The maximum atomic E-state index is 14.1. The highest BCUT2D eigenvalue weighted by atomic mass is 32.1. The van der Waals surface area contributed by atoms with E-state index in [-0.39, 0.29) is 80.8 Å². The zero-order valence-electron chi connectivity index (χ0n) is 43.6. The van der Waals surface area contributed by atoms with E-state index in [0.717, 1.165) is 44.9 Å². The van der Waals surface area contributed by atoms with Crippen LogP contribution >= 0.6 is 11.3 Å². The fourth-order valence-electron chi connectivity index (χ4n) is 11.8. The van der Waals surface area contributed by atoms with E-state index in [2.05, 4.69) is 57.3 Å². The predicted molar refractivity (Wildman–Crippen MR) is 279 cm³/mol. The Balaban J connectivity index is 0.703. The summed E-state index contributed by atoms with van der Waals surface area (Å²) in [5.74, 6) is 1.26. The topological polar surface area (TPSA) is 228 Å². The summed E-state index contributed by atoms with van der Waals surface area (Å²) in [4.78, 5) is 74.7. The van der Waals surface area contributed by atoms with E-state index >= 15 is 0 Å². The van der Waals surface area contributed by atoms with Crippen LogP contribution in [0.3, 0.4) is 0 Å². The number of nitrogens with zero attached hydrogens (tertiary/aromatic N) is 7. The number of rotatable bonds is 18. The van der Waals surface area contributed by atoms with Crippen molar-refractivity contribution in [2.75, 3.05) is 19.8 Å². The number of aryl methyl sites for hydroxylation is 1. The monoisotopic (exact) mass is 1030 g/mol. The van der Waals surface area contributed by atoms with E-state index in [1.165, 1.54) is 37.0 Å². The fraction of sp³-hybridized carbons (Fsp3) is 0.545. The number of amides is 5. The normalized spacial score (nSPS) is 22.6. The molecule has 4 saturated carbocycles. The van der Waals surface area contributed by atoms with Crippen molar-refractivity contribution in [1.29, 1.82) is 0 Å². The first kappa shape index (κ1) is 52.5. The van der Waals surface area contributed by atoms with Crippen molar-refractivity contribution in [2.45, 2.75) is 143 Å². The molecule has 74 heavy (non-hydrogen) atoms. The lowest BCUT2D eigenvalue weighted by atomic mass is 9.54. The molecule has 5 N–H and O–H groups in total. The number of benzene rings is 2. The van der Waals surface area contributed by atoms with Crippen LogP contribution in [0, 0.1) is 36.0 Å². The Labute approximate surface area is 436 Å². The molecule has 18 nitrogen and oxygen atoms in total. The van der Waals surface area contributed by atoms with Gasteiger partial charge in [0.25, 0.3) is 11.8 Å². The molecule has 5 aromatic rings. The first-order valence-corrected chi connectivity index (χ1v) is 27.0. The molecule has 3 aromatic heterocycles. The fourth-order valence-corrected chi connectivity index (χ4v) is 12.6. The highest BCUT2D eigenvalue weighted by Gasteiger charge is 2.49. The number of aromatic nitrogens is 6. The average Bonchev–Trinajstić information content (AvgIpc) is 4.20. The first-order valence-electron chi connectivity index (χ1n) is 26.1. The number of carbonyl (C=O) groups excluding carboxylic acids is 5. The van der Waals surface area contributed by atoms with E-state index in [0.29, 0.717) is 35.2 Å². The van der Waals surface area contributed by atoms with Crippen LogP contribution in [0.2, 0.25) is 0 Å². The standard InChI is InChI=1S/C55H71N11O7S/c1-32-47(74-31-58-32)36-10-8-33(9-11-36)26-56-52(71)44-25-42(67)30-65(44)53(72)48(54(2,3)4)60-45(68)16-18-73-19-17-64-29-40(62-63-64)27-57-50(69)37-12-14-41(15-13-37)66-49(55(5,6)7)43(28-59-66)51(70)61-46-38-21-34-20-35(23-38)24-39(46)22-34/h8-15,28-29,31,34-35,38-39,42,44,46,48,67H,16-27,30H2,1-7H3,(H,56,71)(H,57,69)(H,60,68)(H,61,70)/t34?,35?,38?,39?,42-,44+,46?,48-/m1/s1. The molecule has 19 heteroatoms. The summed E-state index contributed by atoms with van der Waals surface area (Å²) in [7, 11) is 0. The van der Waals surface area contributed by atoms with Gasteiger partial charge in [-0.1, -0.05) is 71.0 Å². The van der Waals surface area contributed by atoms with Gasteiger partial charge in [0.2, 0.25) is 17.7 Å².